The van der Waals surface area contributed by atoms with E-state index in [9.17, 15) is 34.2 Å². The number of ether oxygens (including phenoxy) is 1. The van der Waals surface area contributed by atoms with Crippen molar-refractivity contribution in [1.82, 2.24) is 16.0 Å². The molecule has 0 fully saturated rings. The summed E-state index contributed by atoms with van der Waals surface area (Å²) in [6.45, 7) is 16.7. The summed E-state index contributed by atoms with van der Waals surface area (Å²) in [6.07, 6.45) is 11.3. The Hall–Kier alpha value is -3.47. The third-order valence-corrected chi connectivity index (χ3v) is 7.62. The average molecular weight is 664 g/mol. The van der Waals surface area contributed by atoms with Gasteiger partial charge in [0.2, 0.25) is 17.7 Å². The molecule has 0 bridgehead atoms. The van der Waals surface area contributed by atoms with Gasteiger partial charge in [0.05, 0.1) is 19.1 Å². The van der Waals surface area contributed by atoms with Gasteiger partial charge < -0.3 is 30.9 Å². The second-order valence-corrected chi connectivity index (χ2v) is 13.2. The summed E-state index contributed by atoms with van der Waals surface area (Å²) in [5.41, 5.74) is 3.83. The first-order chi connectivity index (χ1) is 22.0. The fraction of sp³-hybridized carbons (Fsp3) is 0.694. The second-order valence-electron chi connectivity index (χ2n) is 13.2. The molecular formula is C36H61N3O8. The van der Waals surface area contributed by atoms with E-state index in [-0.39, 0.29) is 43.7 Å². The number of carboxylic acids is 1. The molecular weight excluding hydrogens is 602 g/mol. The summed E-state index contributed by atoms with van der Waals surface area (Å²) < 4.78 is 5.27. The van der Waals surface area contributed by atoms with Crippen molar-refractivity contribution >= 4 is 29.7 Å². The molecule has 1 unspecified atom stereocenters. The molecule has 4 atom stereocenters. The van der Waals surface area contributed by atoms with Crippen LogP contribution in [-0.2, 0) is 28.7 Å². The van der Waals surface area contributed by atoms with E-state index in [0.29, 0.717) is 6.42 Å². The molecule has 0 saturated heterocycles. The molecule has 3 amide bonds. The Bertz CT molecular complexity index is 1110. The van der Waals surface area contributed by atoms with Gasteiger partial charge in [-0.3, -0.25) is 19.2 Å². The number of carboxylic acid groups (broad SMARTS) is 1. The van der Waals surface area contributed by atoms with Crippen molar-refractivity contribution in [1.29, 1.82) is 0 Å². The van der Waals surface area contributed by atoms with Crippen LogP contribution >= 0.6 is 0 Å². The summed E-state index contributed by atoms with van der Waals surface area (Å²) in [5, 5.41) is 26.1. The van der Waals surface area contributed by atoms with E-state index in [4.69, 9.17) is 4.74 Å². The van der Waals surface area contributed by atoms with Gasteiger partial charge in [0.1, 0.15) is 18.1 Å². The number of rotatable bonds is 23. The highest BCUT2D eigenvalue weighted by Gasteiger charge is 2.31. The first kappa shape index (κ1) is 43.5. The van der Waals surface area contributed by atoms with E-state index >= 15 is 0 Å². The normalized spacial score (nSPS) is 14.6. The van der Waals surface area contributed by atoms with Crippen molar-refractivity contribution in [3.8, 4) is 0 Å². The monoisotopic (exact) mass is 663 g/mol. The molecule has 0 heterocycles. The van der Waals surface area contributed by atoms with Crippen molar-refractivity contribution < 1.29 is 38.9 Å². The van der Waals surface area contributed by atoms with Gasteiger partial charge in [-0.15, -0.1) is 0 Å². The zero-order valence-corrected chi connectivity index (χ0v) is 30.1. The molecule has 0 aliphatic carbocycles. The lowest BCUT2D eigenvalue weighted by Crippen LogP contribution is -2.57. The van der Waals surface area contributed by atoms with Crippen LogP contribution < -0.4 is 16.0 Å². The Balaban J connectivity index is 5.39. The van der Waals surface area contributed by atoms with Crippen LogP contribution in [0.5, 0.6) is 0 Å². The molecule has 0 aliphatic rings. The lowest BCUT2D eigenvalue weighted by atomic mass is 9.96. The topological polar surface area (TPSA) is 171 Å². The number of aliphatic carboxylic acids is 1. The molecule has 47 heavy (non-hydrogen) atoms. The van der Waals surface area contributed by atoms with Crippen LogP contribution in [0, 0.1) is 17.8 Å². The highest BCUT2D eigenvalue weighted by molar-refractivity contribution is 5.93. The zero-order chi connectivity index (χ0) is 36.1. The molecule has 0 aromatic rings. The van der Waals surface area contributed by atoms with Crippen LogP contribution in [0.1, 0.15) is 114 Å². The smallest absolute Gasteiger partial charge is 0.328 e. The summed E-state index contributed by atoms with van der Waals surface area (Å²) in [5.74, 6) is -4.39. The Morgan fingerprint density at radius 2 is 1.34 bits per heavy atom. The van der Waals surface area contributed by atoms with Crippen LogP contribution in [-0.4, -0.2) is 71.2 Å². The summed E-state index contributed by atoms with van der Waals surface area (Å²) >= 11 is 0. The predicted molar refractivity (Wildman–Crippen MR) is 184 cm³/mol. The fourth-order valence-electron chi connectivity index (χ4n) is 4.78. The molecule has 11 nitrogen and oxygen atoms in total. The molecule has 0 saturated carbocycles. The molecule has 5 N–H and O–H groups in total. The second kappa shape index (κ2) is 23.8. The quantitative estimate of drug-likeness (QED) is 0.0752. The minimum atomic E-state index is -1.51. The number of hydrogen-bond acceptors (Lipinski definition) is 7. The molecule has 268 valence electrons. The minimum absolute atomic E-state index is 0.00676. The summed E-state index contributed by atoms with van der Waals surface area (Å²) in [6, 6.07) is -3.55. The van der Waals surface area contributed by atoms with Gasteiger partial charge in [0, 0.05) is 6.42 Å². The average Bonchev–Trinajstić information content (AvgIpc) is 2.97. The lowest BCUT2D eigenvalue weighted by molar-refractivity contribution is -0.148. The number of aliphatic hydroxyl groups excluding tert-OH is 1. The SMILES string of the molecule is CCOC(=O)C(C/C=C(\C)CC/C=C(\C)CCC=C(C)C)CCC(=O)N[C@H](C(=O)N[C@@H](CC(C)C)C(=O)N[C@@H](CO)C(=O)O)C(C)C. The van der Waals surface area contributed by atoms with Crippen molar-refractivity contribution in [3.63, 3.8) is 0 Å². The molecule has 0 aromatic heterocycles. The lowest BCUT2D eigenvalue weighted by Gasteiger charge is -2.27. The van der Waals surface area contributed by atoms with E-state index in [0.717, 1.165) is 31.3 Å². The Morgan fingerprint density at radius 3 is 1.85 bits per heavy atom. The first-order valence-electron chi connectivity index (χ1n) is 16.9. The van der Waals surface area contributed by atoms with E-state index in [1.54, 1.807) is 20.8 Å². The largest absolute Gasteiger partial charge is 0.480 e. The zero-order valence-electron chi connectivity index (χ0n) is 30.1. The summed E-state index contributed by atoms with van der Waals surface area (Å²) in [4.78, 5) is 63.1. The van der Waals surface area contributed by atoms with Gasteiger partial charge in [-0.2, -0.15) is 0 Å². The predicted octanol–water partition coefficient (Wildman–Crippen LogP) is 4.99. The van der Waals surface area contributed by atoms with Crippen molar-refractivity contribution in [2.24, 2.45) is 17.8 Å². The number of carbonyl (C=O) groups is 5. The number of carbonyl (C=O) groups excluding carboxylic acids is 4. The molecule has 0 aromatic carbocycles. The van der Waals surface area contributed by atoms with Gasteiger partial charge in [-0.1, -0.05) is 62.6 Å². The van der Waals surface area contributed by atoms with Crippen molar-refractivity contribution in [2.45, 2.75) is 132 Å². The van der Waals surface area contributed by atoms with E-state index in [2.05, 4.69) is 48.9 Å². The van der Waals surface area contributed by atoms with Crippen molar-refractivity contribution in [3.05, 3.63) is 34.9 Å². The van der Waals surface area contributed by atoms with Gasteiger partial charge in [0.15, 0.2) is 0 Å². The first-order valence-corrected chi connectivity index (χ1v) is 16.9. The molecule has 0 rings (SSSR count). The Morgan fingerprint density at radius 1 is 0.766 bits per heavy atom. The maximum Gasteiger partial charge on any atom is 0.328 e. The fourth-order valence-corrected chi connectivity index (χ4v) is 4.78. The van der Waals surface area contributed by atoms with Gasteiger partial charge in [-0.05, 0) is 91.4 Å². The Kier molecular flexibility index (Phi) is 22.0. The highest BCUT2D eigenvalue weighted by Crippen LogP contribution is 2.19. The molecule has 0 radical (unpaired) electrons. The van der Waals surface area contributed by atoms with Gasteiger partial charge >= 0.3 is 11.9 Å². The third-order valence-electron chi connectivity index (χ3n) is 7.62. The van der Waals surface area contributed by atoms with Gasteiger partial charge in [-0.25, -0.2) is 4.79 Å². The van der Waals surface area contributed by atoms with E-state index in [1.807, 2.05) is 26.8 Å². The standard InChI is InChI=1S/C36H61N3O8/c1-10-47-36(46)28(18-17-27(9)16-12-15-26(8)14-11-13-23(2)3)19-20-31(41)39-32(25(6)7)34(43)37-29(21-24(4)5)33(42)38-30(22-40)35(44)45/h13,15,17,24-25,28-30,32,40H,10-12,14,16,18-22H2,1-9H3,(H,37,43)(H,38,42)(H,39,41)(H,44,45)/b26-15+,27-17+/t28?,29-,30-,32-/m0/s1. The third kappa shape index (κ3) is 19.7. The van der Waals surface area contributed by atoms with Crippen molar-refractivity contribution in [2.75, 3.05) is 13.2 Å². The number of amides is 3. The number of aliphatic hydroxyl groups is 1. The Labute approximate surface area is 282 Å². The molecule has 0 spiro atoms. The maximum absolute atomic E-state index is 13.3. The molecule has 0 aliphatic heterocycles. The summed E-state index contributed by atoms with van der Waals surface area (Å²) in [7, 11) is 0. The van der Waals surface area contributed by atoms with Crippen LogP contribution in [0.15, 0.2) is 34.9 Å². The van der Waals surface area contributed by atoms with Crippen LogP contribution in [0.3, 0.4) is 0 Å². The molecule has 11 heteroatoms. The number of hydrogen-bond donors (Lipinski definition) is 5. The highest BCUT2D eigenvalue weighted by atomic mass is 16.5. The van der Waals surface area contributed by atoms with Gasteiger partial charge in [0.25, 0.3) is 0 Å². The van der Waals surface area contributed by atoms with E-state index in [1.165, 1.54) is 11.1 Å². The van der Waals surface area contributed by atoms with E-state index < -0.39 is 54.3 Å². The number of esters is 1. The van der Waals surface area contributed by atoms with Crippen LogP contribution in [0.2, 0.25) is 0 Å². The minimum Gasteiger partial charge on any atom is -0.480 e. The number of nitrogens with one attached hydrogen (secondary N) is 3. The van der Waals surface area contributed by atoms with Crippen LogP contribution in [0.4, 0.5) is 0 Å². The maximum atomic E-state index is 13.3. The van der Waals surface area contributed by atoms with Crippen LogP contribution in [0.25, 0.3) is 0 Å². The number of allylic oxidation sites excluding steroid dienone is 6.